The molecule has 3 N–H and O–H groups in total. The molecule has 1 aliphatic heterocycles. The van der Waals surface area contributed by atoms with Crippen LogP contribution in [0.25, 0.3) is 11.1 Å². The first-order chi connectivity index (χ1) is 16.8. The van der Waals surface area contributed by atoms with E-state index in [1.165, 1.54) is 0 Å². The molecule has 9 heteroatoms. The van der Waals surface area contributed by atoms with Crippen LogP contribution >= 0.6 is 0 Å². The fraction of sp³-hybridized carbons (Fsp3) is 0.423. The topological polar surface area (TPSA) is 117 Å². The largest absolute Gasteiger partial charge is 0.479 e. The van der Waals surface area contributed by atoms with Crippen molar-refractivity contribution in [2.45, 2.75) is 36.9 Å². The molecule has 1 fully saturated rings. The van der Waals surface area contributed by atoms with E-state index >= 15 is 0 Å². The number of alkyl carbamates (subject to hydrolysis) is 1. The van der Waals surface area contributed by atoms with Crippen LogP contribution in [0.3, 0.4) is 0 Å². The standard InChI is InChI=1S/C26H31N3O6/c1-29(2)13-11-22(24(30)27-21-12-14-34-23(21)25(31)32)28-26(33)35-15-20-18-9-5-3-7-16(18)17-8-4-6-10-19(17)20/h3-10,20-23H,11-15H2,1-2H3,(H,27,30)(H,28,33)(H,31,32). The third-order valence-corrected chi connectivity index (χ3v) is 6.48. The van der Waals surface area contributed by atoms with Crippen molar-refractivity contribution in [3.63, 3.8) is 0 Å². The van der Waals surface area contributed by atoms with Gasteiger partial charge in [0.15, 0.2) is 6.10 Å². The monoisotopic (exact) mass is 481 g/mol. The predicted octanol–water partition coefficient (Wildman–Crippen LogP) is 2.20. The van der Waals surface area contributed by atoms with Crippen LogP contribution in [0.15, 0.2) is 48.5 Å². The number of nitrogens with one attached hydrogen (secondary N) is 2. The Balaban J connectivity index is 1.40. The lowest BCUT2D eigenvalue weighted by Crippen LogP contribution is -2.53. The van der Waals surface area contributed by atoms with E-state index in [1.54, 1.807) is 0 Å². The Labute approximate surface area is 204 Å². The Morgan fingerprint density at radius 3 is 2.31 bits per heavy atom. The van der Waals surface area contributed by atoms with Gasteiger partial charge in [0, 0.05) is 12.5 Å². The summed E-state index contributed by atoms with van der Waals surface area (Å²) in [5.74, 6) is -1.67. The Bertz CT molecular complexity index is 1040. The number of carboxylic acids is 1. The van der Waals surface area contributed by atoms with Gasteiger partial charge < -0.3 is 30.1 Å². The van der Waals surface area contributed by atoms with Crippen molar-refractivity contribution in [3.05, 3.63) is 59.7 Å². The second kappa shape index (κ2) is 10.9. The number of benzene rings is 2. The fourth-order valence-corrected chi connectivity index (χ4v) is 4.70. The zero-order chi connectivity index (χ0) is 24.9. The lowest BCUT2D eigenvalue weighted by atomic mass is 9.98. The van der Waals surface area contributed by atoms with Gasteiger partial charge in [0.2, 0.25) is 5.91 Å². The number of fused-ring (bicyclic) bond motifs is 3. The number of carbonyl (C=O) groups excluding carboxylic acids is 2. The highest BCUT2D eigenvalue weighted by molar-refractivity contribution is 5.87. The number of ether oxygens (including phenoxy) is 2. The maximum atomic E-state index is 13.0. The average Bonchev–Trinajstić information content (AvgIpc) is 3.43. The molecule has 3 unspecified atom stereocenters. The molecule has 2 aromatic rings. The van der Waals surface area contributed by atoms with Crippen LogP contribution in [0.5, 0.6) is 0 Å². The Hall–Kier alpha value is -3.43. The number of amides is 2. The molecular formula is C26H31N3O6. The molecule has 1 saturated heterocycles. The Kier molecular flexibility index (Phi) is 7.67. The number of nitrogens with zero attached hydrogens (tertiary/aromatic N) is 1. The van der Waals surface area contributed by atoms with Crippen LogP contribution in [0.4, 0.5) is 4.79 Å². The highest BCUT2D eigenvalue weighted by Gasteiger charge is 2.37. The molecule has 1 aliphatic carbocycles. The molecule has 9 nitrogen and oxygen atoms in total. The number of carbonyl (C=O) groups is 3. The number of hydrogen-bond donors (Lipinski definition) is 3. The minimum absolute atomic E-state index is 0.0887. The molecule has 1 heterocycles. The quantitative estimate of drug-likeness (QED) is 0.503. The summed E-state index contributed by atoms with van der Waals surface area (Å²) in [6.45, 7) is 0.939. The van der Waals surface area contributed by atoms with Gasteiger partial charge in [-0.2, -0.15) is 0 Å². The van der Waals surface area contributed by atoms with E-state index in [0.29, 0.717) is 19.4 Å². The van der Waals surface area contributed by atoms with Gasteiger partial charge in [-0.1, -0.05) is 48.5 Å². The molecule has 0 aromatic heterocycles. The summed E-state index contributed by atoms with van der Waals surface area (Å²) in [4.78, 5) is 39.0. The molecule has 186 valence electrons. The lowest BCUT2D eigenvalue weighted by Gasteiger charge is -2.23. The molecule has 2 aliphatic rings. The van der Waals surface area contributed by atoms with Gasteiger partial charge in [-0.15, -0.1) is 0 Å². The van der Waals surface area contributed by atoms with Gasteiger partial charge in [0.25, 0.3) is 0 Å². The SMILES string of the molecule is CN(C)CCC(NC(=O)OCC1c2ccccc2-c2ccccc21)C(=O)NC1CCOC1C(=O)O. The molecule has 0 radical (unpaired) electrons. The smallest absolute Gasteiger partial charge is 0.407 e. The van der Waals surface area contributed by atoms with E-state index in [0.717, 1.165) is 22.3 Å². The normalized spacial score (nSPS) is 19.6. The third-order valence-electron chi connectivity index (χ3n) is 6.48. The summed E-state index contributed by atoms with van der Waals surface area (Å²) in [5.41, 5.74) is 4.47. The van der Waals surface area contributed by atoms with Crippen LogP contribution in [-0.2, 0) is 19.1 Å². The van der Waals surface area contributed by atoms with Crippen molar-refractivity contribution in [2.75, 3.05) is 33.9 Å². The fourth-order valence-electron chi connectivity index (χ4n) is 4.70. The molecule has 0 bridgehead atoms. The molecule has 2 aromatic carbocycles. The summed E-state index contributed by atoms with van der Waals surface area (Å²) in [6.07, 6.45) is -1.05. The van der Waals surface area contributed by atoms with E-state index in [9.17, 15) is 19.5 Å². The van der Waals surface area contributed by atoms with Gasteiger partial charge in [-0.3, -0.25) is 4.79 Å². The molecule has 4 rings (SSSR count). The first kappa shape index (κ1) is 24.7. The number of rotatable bonds is 9. The van der Waals surface area contributed by atoms with Gasteiger partial charge >= 0.3 is 12.1 Å². The van der Waals surface area contributed by atoms with Crippen LogP contribution in [-0.4, -0.2) is 80.0 Å². The zero-order valence-electron chi connectivity index (χ0n) is 19.9. The first-order valence-electron chi connectivity index (χ1n) is 11.8. The second-order valence-electron chi connectivity index (χ2n) is 9.15. The second-order valence-corrected chi connectivity index (χ2v) is 9.15. The van der Waals surface area contributed by atoms with Crippen molar-refractivity contribution in [1.29, 1.82) is 0 Å². The number of aliphatic carboxylic acids is 1. The first-order valence-corrected chi connectivity index (χ1v) is 11.8. The molecule has 35 heavy (non-hydrogen) atoms. The van der Waals surface area contributed by atoms with Crippen LogP contribution in [0.1, 0.15) is 29.9 Å². The summed E-state index contributed by atoms with van der Waals surface area (Å²) >= 11 is 0. The summed E-state index contributed by atoms with van der Waals surface area (Å²) in [5, 5.41) is 14.7. The van der Waals surface area contributed by atoms with Crippen molar-refractivity contribution in [3.8, 4) is 11.1 Å². The van der Waals surface area contributed by atoms with Crippen LogP contribution in [0.2, 0.25) is 0 Å². The van der Waals surface area contributed by atoms with Gasteiger partial charge in [-0.05, 0) is 55.7 Å². The number of carboxylic acid groups (broad SMARTS) is 1. The molecule has 3 atom stereocenters. The van der Waals surface area contributed by atoms with Crippen LogP contribution in [0, 0.1) is 0 Å². The Morgan fingerprint density at radius 1 is 1.09 bits per heavy atom. The Morgan fingerprint density at radius 2 is 1.71 bits per heavy atom. The van der Waals surface area contributed by atoms with Crippen molar-refractivity contribution in [1.82, 2.24) is 15.5 Å². The van der Waals surface area contributed by atoms with Crippen molar-refractivity contribution < 1.29 is 29.0 Å². The van der Waals surface area contributed by atoms with Gasteiger partial charge in [0.1, 0.15) is 12.6 Å². The maximum absolute atomic E-state index is 13.0. The van der Waals surface area contributed by atoms with E-state index in [2.05, 4.69) is 22.8 Å². The summed E-state index contributed by atoms with van der Waals surface area (Å²) in [7, 11) is 3.74. The molecular weight excluding hydrogens is 450 g/mol. The van der Waals surface area contributed by atoms with E-state index < -0.39 is 36.2 Å². The van der Waals surface area contributed by atoms with Crippen LogP contribution < -0.4 is 10.6 Å². The number of hydrogen-bond acceptors (Lipinski definition) is 6. The highest BCUT2D eigenvalue weighted by Crippen LogP contribution is 2.44. The minimum Gasteiger partial charge on any atom is -0.479 e. The van der Waals surface area contributed by atoms with E-state index in [4.69, 9.17) is 9.47 Å². The van der Waals surface area contributed by atoms with Crippen molar-refractivity contribution in [2.24, 2.45) is 0 Å². The van der Waals surface area contributed by atoms with E-state index in [-0.39, 0.29) is 19.1 Å². The lowest BCUT2D eigenvalue weighted by molar-refractivity contribution is -0.148. The molecule has 2 amide bonds. The van der Waals surface area contributed by atoms with Crippen molar-refractivity contribution >= 4 is 18.0 Å². The predicted molar refractivity (Wildman–Crippen MR) is 129 cm³/mol. The van der Waals surface area contributed by atoms with E-state index in [1.807, 2.05) is 55.4 Å². The third kappa shape index (κ3) is 5.63. The summed E-state index contributed by atoms with van der Waals surface area (Å²) in [6, 6.07) is 14.6. The highest BCUT2D eigenvalue weighted by atomic mass is 16.5. The minimum atomic E-state index is -1.12. The average molecular weight is 482 g/mol. The summed E-state index contributed by atoms with van der Waals surface area (Å²) < 4.78 is 10.8. The zero-order valence-corrected chi connectivity index (χ0v) is 19.9. The van der Waals surface area contributed by atoms with Gasteiger partial charge in [-0.25, -0.2) is 9.59 Å². The van der Waals surface area contributed by atoms with Gasteiger partial charge in [0.05, 0.1) is 6.04 Å². The maximum Gasteiger partial charge on any atom is 0.407 e. The molecule has 0 spiro atoms. The molecule has 0 saturated carbocycles.